The monoisotopic (exact) mass is 367 g/mol. The van der Waals surface area contributed by atoms with E-state index >= 15 is 0 Å². The van der Waals surface area contributed by atoms with E-state index in [9.17, 15) is 4.79 Å². The third-order valence-electron chi connectivity index (χ3n) is 5.98. The average molecular weight is 367 g/mol. The molecule has 2 aromatic heterocycles. The van der Waals surface area contributed by atoms with Gasteiger partial charge in [-0.15, -0.1) is 5.10 Å². The van der Waals surface area contributed by atoms with E-state index in [2.05, 4.69) is 20.2 Å². The topological polar surface area (TPSA) is 63.9 Å². The molecule has 1 unspecified atom stereocenters. The van der Waals surface area contributed by atoms with E-state index in [0.717, 1.165) is 56.6 Å². The minimum atomic E-state index is 0.259. The summed E-state index contributed by atoms with van der Waals surface area (Å²) in [6.07, 6.45) is 15.0. The van der Waals surface area contributed by atoms with Crippen molar-refractivity contribution in [2.24, 2.45) is 11.8 Å². The lowest BCUT2D eigenvalue weighted by Crippen LogP contribution is -2.44. The first-order valence-electron chi connectivity index (χ1n) is 10.4. The zero-order chi connectivity index (χ0) is 18.5. The molecule has 2 aromatic rings. The van der Waals surface area contributed by atoms with E-state index in [1.165, 1.54) is 25.7 Å². The number of carbonyl (C=O) groups is 1. The van der Waals surface area contributed by atoms with Crippen molar-refractivity contribution in [2.45, 2.75) is 57.9 Å². The molecule has 1 saturated carbocycles. The molecule has 1 atom stereocenters. The zero-order valence-electron chi connectivity index (χ0n) is 16.0. The lowest BCUT2D eigenvalue weighted by atomic mass is 9.94. The number of hydrogen-bond acceptors (Lipinski definition) is 4. The van der Waals surface area contributed by atoms with Gasteiger partial charge in [0.1, 0.15) is 5.69 Å². The number of piperidine rings is 1. The largest absolute Gasteiger partial charge is 0.342 e. The predicted molar refractivity (Wildman–Crippen MR) is 104 cm³/mol. The van der Waals surface area contributed by atoms with Gasteiger partial charge in [0.15, 0.2) is 0 Å². The van der Waals surface area contributed by atoms with Crippen LogP contribution >= 0.6 is 0 Å². The Kier molecular flexibility index (Phi) is 5.80. The van der Waals surface area contributed by atoms with Crippen molar-refractivity contribution in [1.29, 1.82) is 0 Å². The van der Waals surface area contributed by atoms with Gasteiger partial charge in [0.2, 0.25) is 5.91 Å². The van der Waals surface area contributed by atoms with Crippen molar-refractivity contribution in [2.75, 3.05) is 13.1 Å². The van der Waals surface area contributed by atoms with Crippen LogP contribution in [0.3, 0.4) is 0 Å². The van der Waals surface area contributed by atoms with Crippen molar-refractivity contribution in [3.05, 3.63) is 30.7 Å². The Balaban J connectivity index is 1.36. The number of likely N-dealkylation sites (tertiary alicyclic amines) is 1. The molecule has 0 N–H and O–H groups in total. The summed E-state index contributed by atoms with van der Waals surface area (Å²) in [6.45, 7) is 2.60. The van der Waals surface area contributed by atoms with Crippen molar-refractivity contribution >= 4 is 5.91 Å². The van der Waals surface area contributed by atoms with Crippen LogP contribution in [-0.2, 0) is 11.3 Å². The summed E-state index contributed by atoms with van der Waals surface area (Å²) in [7, 11) is 0. The Morgan fingerprint density at radius 2 is 1.96 bits per heavy atom. The lowest BCUT2D eigenvalue weighted by Gasteiger charge is -2.34. The number of nitrogens with zero attached hydrogens (tertiary/aromatic N) is 5. The molecule has 1 amide bonds. The Labute approximate surface area is 161 Å². The third-order valence-corrected chi connectivity index (χ3v) is 5.98. The molecule has 0 bridgehead atoms. The Morgan fingerprint density at radius 1 is 1.11 bits per heavy atom. The molecule has 1 saturated heterocycles. The number of amides is 1. The molecule has 6 heteroatoms. The maximum Gasteiger partial charge on any atom is 0.225 e. The minimum absolute atomic E-state index is 0.259. The SMILES string of the molecule is O=C(C1CCCCCC1)N1CCCC(Cn2cc(-c3cccnc3)nn2)C1. The molecule has 3 heterocycles. The maximum absolute atomic E-state index is 13.0. The molecule has 27 heavy (non-hydrogen) atoms. The summed E-state index contributed by atoms with van der Waals surface area (Å²) in [5.41, 5.74) is 1.84. The van der Waals surface area contributed by atoms with Crippen LogP contribution in [0.2, 0.25) is 0 Å². The van der Waals surface area contributed by atoms with Gasteiger partial charge < -0.3 is 4.90 Å². The maximum atomic E-state index is 13.0. The molecule has 2 aliphatic rings. The standard InChI is InChI=1S/C21H29N5O/c27-21(18-8-3-1-2-4-9-18)25-12-6-7-17(14-25)15-26-16-20(23-24-26)19-10-5-11-22-13-19/h5,10-11,13,16-18H,1-4,6-9,12,14-15H2. The predicted octanol–water partition coefficient (Wildman–Crippen LogP) is 3.55. The number of rotatable bonds is 4. The van der Waals surface area contributed by atoms with E-state index in [-0.39, 0.29) is 5.92 Å². The molecular formula is C21H29N5O. The van der Waals surface area contributed by atoms with Gasteiger partial charge in [0.05, 0.1) is 6.20 Å². The highest BCUT2D eigenvalue weighted by Gasteiger charge is 2.29. The van der Waals surface area contributed by atoms with Crippen LogP contribution in [0.5, 0.6) is 0 Å². The summed E-state index contributed by atoms with van der Waals surface area (Å²) in [5, 5.41) is 8.58. The molecular weight excluding hydrogens is 338 g/mol. The van der Waals surface area contributed by atoms with Crippen molar-refractivity contribution in [3.63, 3.8) is 0 Å². The first-order chi connectivity index (χ1) is 13.3. The second kappa shape index (κ2) is 8.63. The van der Waals surface area contributed by atoms with E-state index in [1.54, 1.807) is 6.20 Å². The van der Waals surface area contributed by atoms with Gasteiger partial charge in [-0.05, 0) is 43.7 Å². The average Bonchev–Trinajstić information content (AvgIpc) is 3.00. The number of hydrogen-bond donors (Lipinski definition) is 0. The van der Waals surface area contributed by atoms with E-state index in [4.69, 9.17) is 0 Å². The van der Waals surface area contributed by atoms with Crippen LogP contribution in [0, 0.1) is 11.8 Å². The van der Waals surface area contributed by atoms with Crippen molar-refractivity contribution in [3.8, 4) is 11.3 Å². The fraction of sp³-hybridized carbons (Fsp3) is 0.619. The smallest absolute Gasteiger partial charge is 0.225 e. The van der Waals surface area contributed by atoms with Crippen molar-refractivity contribution < 1.29 is 4.79 Å². The van der Waals surface area contributed by atoms with Gasteiger partial charge in [-0.2, -0.15) is 0 Å². The van der Waals surface area contributed by atoms with Crippen LogP contribution in [0.4, 0.5) is 0 Å². The van der Waals surface area contributed by atoms with Gasteiger partial charge in [0, 0.05) is 43.5 Å². The highest BCUT2D eigenvalue weighted by Crippen LogP contribution is 2.27. The molecule has 144 valence electrons. The number of carbonyl (C=O) groups excluding carboxylic acids is 1. The molecule has 6 nitrogen and oxygen atoms in total. The molecule has 0 radical (unpaired) electrons. The molecule has 2 fully saturated rings. The quantitative estimate of drug-likeness (QED) is 0.775. The van der Waals surface area contributed by atoms with Gasteiger partial charge in [-0.3, -0.25) is 14.5 Å². The van der Waals surface area contributed by atoms with Crippen LogP contribution in [-0.4, -0.2) is 43.9 Å². The fourth-order valence-electron chi connectivity index (χ4n) is 4.50. The summed E-state index contributed by atoms with van der Waals surface area (Å²) in [4.78, 5) is 19.3. The van der Waals surface area contributed by atoms with E-state index in [1.807, 2.05) is 29.2 Å². The fourth-order valence-corrected chi connectivity index (χ4v) is 4.50. The normalized spacial score (nSPS) is 21.8. The van der Waals surface area contributed by atoms with Crippen LogP contribution < -0.4 is 0 Å². The summed E-state index contributed by atoms with van der Waals surface area (Å²) >= 11 is 0. The second-order valence-electron chi connectivity index (χ2n) is 8.05. The number of aromatic nitrogens is 4. The summed E-state index contributed by atoms with van der Waals surface area (Å²) in [6, 6.07) is 3.90. The first kappa shape index (κ1) is 18.1. The van der Waals surface area contributed by atoms with Crippen LogP contribution in [0.15, 0.2) is 30.7 Å². The summed E-state index contributed by atoms with van der Waals surface area (Å²) in [5.74, 6) is 1.11. The Bertz CT molecular complexity index is 736. The zero-order valence-corrected chi connectivity index (χ0v) is 16.0. The lowest BCUT2D eigenvalue weighted by molar-refractivity contribution is -0.138. The van der Waals surface area contributed by atoms with E-state index in [0.29, 0.717) is 11.8 Å². The van der Waals surface area contributed by atoms with Crippen molar-refractivity contribution in [1.82, 2.24) is 24.9 Å². The van der Waals surface area contributed by atoms with Gasteiger partial charge in [-0.1, -0.05) is 30.9 Å². The molecule has 1 aliphatic carbocycles. The third kappa shape index (κ3) is 4.54. The van der Waals surface area contributed by atoms with Crippen LogP contribution in [0.25, 0.3) is 11.3 Å². The van der Waals surface area contributed by atoms with Gasteiger partial charge >= 0.3 is 0 Å². The minimum Gasteiger partial charge on any atom is -0.342 e. The number of pyridine rings is 1. The highest BCUT2D eigenvalue weighted by atomic mass is 16.2. The highest BCUT2D eigenvalue weighted by molar-refractivity contribution is 5.79. The Morgan fingerprint density at radius 3 is 2.74 bits per heavy atom. The molecule has 0 aromatic carbocycles. The summed E-state index contributed by atoms with van der Waals surface area (Å²) < 4.78 is 1.92. The molecule has 4 rings (SSSR count). The molecule has 1 aliphatic heterocycles. The van der Waals surface area contributed by atoms with Gasteiger partial charge in [-0.25, -0.2) is 0 Å². The van der Waals surface area contributed by atoms with Gasteiger partial charge in [0.25, 0.3) is 0 Å². The second-order valence-corrected chi connectivity index (χ2v) is 8.05. The molecule has 0 spiro atoms. The van der Waals surface area contributed by atoms with E-state index < -0.39 is 0 Å². The van der Waals surface area contributed by atoms with Crippen LogP contribution in [0.1, 0.15) is 51.4 Å². The first-order valence-corrected chi connectivity index (χ1v) is 10.4. The Hall–Kier alpha value is -2.24.